The van der Waals surface area contributed by atoms with E-state index in [1.54, 1.807) is 6.07 Å². The molecular formula is C13H16INO2. The van der Waals surface area contributed by atoms with Crippen molar-refractivity contribution in [2.45, 2.75) is 38.7 Å². The molecule has 1 aliphatic rings. The van der Waals surface area contributed by atoms with Gasteiger partial charge in [-0.1, -0.05) is 13.8 Å². The lowest BCUT2D eigenvalue weighted by molar-refractivity contribution is 0.0849. The highest BCUT2D eigenvalue weighted by Gasteiger charge is 2.37. The van der Waals surface area contributed by atoms with Crippen molar-refractivity contribution in [1.29, 1.82) is 0 Å². The summed E-state index contributed by atoms with van der Waals surface area (Å²) in [6.07, 6.45) is 2.81. The molecule has 1 aliphatic heterocycles. The van der Waals surface area contributed by atoms with Crippen LogP contribution in [0.2, 0.25) is 0 Å². The topological polar surface area (TPSA) is 52.3 Å². The van der Waals surface area contributed by atoms with Crippen molar-refractivity contribution in [2.24, 2.45) is 5.73 Å². The molecule has 0 radical (unpaired) electrons. The first-order chi connectivity index (χ1) is 8.01. The first-order valence-corrected chi connectivity index (χ1v) is 6.90. The summed E-state index contributed by atoms with van der Waals surface area (Å²) in [6, 6.07) is 3.66. The maximum Gasteiger partial charge on any atom is 0.248 e. The number of fused-ring (bicyclic) bond motifs is 1. The number of nitrogens with two attached hydrogens (primary N) is 1. The Balaban J connectivity index is 2.45. The zero-order valence-corrected chi connectivity index (χ0v) is 12.2. The molecule has 1 amide bonds. The third-order valence-corrected chi connectivity index (χ3v) is 4.33. The smallest absolute Gasteiger partial charge is 0.248 e. The normalized spacial score (nSPS) is 16.4. The van der Waals surface area contributed by atoms with Crippen LogP contribution in [0.15, 0.2) is 12.1 Å². The number of hydrogen-bond acceptors (Lipinski definition) is 2. The average molecular weight is 345 g/mol. The van der Waals surface area contributed by atoms with Gasteiger partial charge in [-0.05, 0) is 47.6 Å². The second-order valence-corrected chi connectivity index (χ2v) is 5.64. The van der Waals surface area contributed by atoms with Gasteiger partial charge < -0.3 is 10.5 Å². The highest BCUT2D eigenvalue weighted by Crippen LogP contribution is 2.42. The lowest BCUT2D eigenvalue weighted by Gasteiger charge is -2.25. The standard InChI is InChI=1S/C13H16INO2/c1-3-13(4-2)7-9-5-8(12(15)16)6-10(14)11(9)17-13/h5-6H,3-4,7H2,1-2H3,(H2,15,16). The van der Waals surface area contributed by atoms with E-state index >= 15 is 0 Å². The molecule has 3 nitrogen and oxygen atoms in total. The van der Waals surface area contributed by atoms with E-state index in [1.165, 1.54) is 0 Å². The van der Waals surface area contributed by atoms with Crippen LogP contribution in [0.3, 0.4) is 0 Å². The number of rotatable bonds is 3. The van der Waals surface area contributed by atoms with E-state index in [2.05, 4.69) is 36.4 Å². The van der Waals surface area contributed by atoms with E-state index in [9.17, 15) is 4.79 Å². The number of amides is 1. The Labute approximate surface area is 115 Å². The minimum atomic E-state index is -0.379. The molecule has 1 heterocycles. The third kappa shape index (κ3) is 2.14. The Hall–Kier alpha value is -0.780. The van der Waals surface area contributed by atoms with Crippen LogP contribution in [0.4, 0.5) is 0 Å². The molecule has 0 atom stereocenters. The molecule has 2 rings (SSSR count). The summed E-state index contributed by atoms with van der Waals surface area (Å²) in [5.41, 5.74) is 6.90. The van der Waals surface area contributed by atoms with Crippen molar-refractivity contribution in [3.05, 3.63) is 26.8 Å². The second kappa shape index (κ2) is 4.48. The van der Waals surface area contributed by atoms with Gasteiger partial charge in [0.1, 0.15) is 11.4 Å². The maximum atomic E-state index is 11.2. The van der Waals surface area contributed by atoms with Gasteiger partial charge >= 0.3 is 0 Å². The van der Waals surface area contributed by atoms with E-state index in [-0.39, 0.29) is 11.5 Å². The highest BCUT2D eigenvalue weighted by molar-refractivity contribution is 14.1. The number of hydrogen-bond donors (Lipinski definition) is 1. The molecule has 1 aromatic carbocycles. The summed E-state index contributed by atoms with van der Waals surface area (Å²) in [6.45, 7) is 4.27. The number of carbonyl (C=O) groups excluding carboxylic acids is 1. The molecule has 0 aliphatic carbocycles. The van der Waals surface area contributed by atoms with Crippen molar-refractivity contribution < 1.29 is 9.53 Å². The lowest BCUT2D eigenvalue weighted by Crippen LogP contribution is -2.32. The first-order valence-electron chi connectivity index (χ1n) is 5.82. The van der Waals surface area contributed by atoms with E-state index < -0.39 is 0 Å². The van der Waals surface area contributed by atoms with E-state index in [4.69, 9.17) is 10.5 Å². The molecule has 4 heteroatoms. The minimum absolute atomic E-state index is 0.0987. The van der Waals surface area contributed by atoms with Crippen LogP contribution in [0.1, 0.15) is 42.6 Å². The van der Waals surface area contributed by atoms with Crippen molar-refractivity contribution in [3.8, 4) is 5.75 Å². The summed E-state index contributed by atoms with van der Waals surface area (Å²) in [5.74, 6) is 0.551. The van der Waals surface area contributed by atoms with Crippen LogP contribution in [0.25, 0.3) is 0 Å². The molecule has 0 aromatic heterocycles. The van der Waals surface area contributed by atoms with Crippen LogP contribution in [-0.2, 0) is 6.42 Å². The van der Waals surface area contributed by atoms with Gasteiger partial charge in [0.2, 0.25) is 5.91 Å². The number of carbonyl (C=O) groups is 1. The molecular weight excluding hydrogens is 329 g/mol. The van der Waals surface area contributed by atoms with Crippen molar-refractivity contribution in [1.82, 2.24) is 0 Å². The molecule has 0 fully saturated rings. The highest BCUT2D eigenvalue weighted by atomic mass is 127. The van der Waals surface area contributed by atoms with Gasteiger partial charge in [-0.15, -0.1) is 0 Å². The van der Waals surface area contributed by atoms with Gasteiger partial charge in [-0.2, -0.15) is 0 Å². The average Bonchev–Trinajstić information content (AvgIpc) is 2.69. The molecule has 0 bridgehead atoms. The van der Waals surface area contributed by atoms with E-state index in [0.29, 0.717) is 5.56 Å². The molecule has 17 heavy (non-hydrogen) atoms. The van der Waals surface area contributed by atoms with E-state index in [1.807, 2.05) is 6.07 Å². The Bertz CT molecular complexity index is 467. The predicted molar refractivity (Wildman–Crippen MR) is 75.3 cm³/mol. The van der Waals surface area contributed by atoms with Crippen LogP contribution in [0.5, 0.6) is 5.75 Å². The molecule has 92 valence electrons. The maximum absolute atomic E-state index is 11.2. The number of halogens is 1. The van der Waals surface area contributed by atoms with Crippen LogP contribution in [-0.4, -0.2) is 11.5 Å². The Morgan fingerprint density at radius 2 is 2.12 bits per heavy atom. The Kier molecular flexibility index (Phi) is 3.34. The van der Waals surface area contributed by atoms with Gasteiger partial charge in [0.25, 0.3) is 0 Å². The van der Waals surface area contributed by atoms with E-state index in [0.717, 1.165) is 34.1 Å². The summed E-state index contributed by atoms with van der Waals surface area (Å²) in [7, 11) is 0. The lowest BCUT2D eigenvalue weighted by atomic mass is 9.91. The van der Waals surface area contributed by atoms with Crippen LogP contribution in [0, 0.1) is 3.57 Å². The largest absolute Gasteiger partial charge is 0.486 e. The van der Waals surface area contributed by atoms with Gasteiger partial charge in [-0.3, -0.25) is 4.79 Å². The fraction of sp³-hybridized carbons (Fsp3) is 0.462. The zero-order valence-electron chi connectivity index (χ0n) is 10.0. The summed E-state index contributed by atoms with van der Waals surface area (Å²) < 4.78 is 7.07. The number of primary amides is 1. The number of benzene rings is 1. The second-order valence-electron chi connectivity index (χ2n) is 4.48. The zero-order chi connectivity index (χ0) is 12.6. The molecule has 0 spiro atoms. The fourth-order valence-electron chi connectivity index (χ4n) is 2.28. The van der Waals surface area contributed by atoms with Crippen LogP contribution >= 0.6 is 22.6 Å². The van der Waals surface area contributed by atoms with Crippen molar-refractivity contribution >= 4 is 28.5 Å². The fourth-order valence-corrected chi connectivity index (χ4v) is 3.07. The molecule has 0 unspecified atom stereocenters. The van der Waals surface area contributed by atoms with Crippen molar-refractivity contribution in [2.75, 3.05) is 0 Å². The van der Waals surface area contributed by atoms with Gasteiger partial charge in [0.15, 0.2) is 0 Å². The third-order valence-electron chi connectivity index (χ3n) is 3.52. The molecule has 2 N–H and O–H groups in total. The van der Waals surface area contributed by atoms with Crippen LogP contribution < -0.4 is 10.5 Å². The number of ether oxygens (including phenoxy) is 1. The monoisotopic (exact) mass is 345 g/mol. The van der Waals surface area contributed by atoms with Gasteiger partial charge in [0.05, 0.1) is 3.57 Å². The van der Waals surface area contributed by atoms with Gasteiger partial charge in [0, 0.05) is 17.5 Å². The van der Waals surface area contributed by atoms with Crippen molar-refractivity contribution in [3.63, 3.8) is 0 Å². The Morgan fingerprint density at radius 3 is 2.65 bits per heavy atom. The SMILES string of the molecule is CCC1(CC)Cc2cc(C(N)=O)cc(I)c2O1. The molecule has 0 saturated carbocycles. The van der Waals surface area contributed by atoms with Gasteiger partial charge in [-0.25, -0.2) is 0 Å². The Morgan fingerprint density at radius 1 is 1.47 bits per heavy atom. The molecule has 0 saturated heterocycles. The summed E-state index contributed by atoms with van der Waals surface area (Å²) >= 11 is 2.20. The summed E-state index contributed by atoms with van der Waals surface area (Å²) in [5, 5.41) is 0. The quantitative estimate of drug-likeness (QED) is 0.857. The first kappa shape index (κ1) is 12.7. The summed E-state index contributed by atoms with van der Waals surface area (Å²) in [4.78, 5) is 11.2. The molecule has 1 aromatic rings. The predicted octanol–water partition coefficient (Wildman–Crippen LogP) is 2.88. The minimum Gasteiger partial charge on any atom is -0.486 e.